The van der Waals surface area contributed by atoms with Crippen LogP contribution in [0.3, 0.4) is 0 Å². The summed E-state index contributed by atoms with van der Waals surface area (Å²) >= 11 is 0. The third-order valence-corrected chi connectivity index (χ3v) is 4.80. The molecule has 25 heavy (non-hydrogen) atoms. The van der Waals surface area contributed by atoms with E-state index < -0.39 is 5.97 Å². The molecule has 1 aliphatic rings. The van der Waals surface area contributed by atoms with Gasteiger partial charge < -0.3 is 15.2 Å². The average molecular weight is 347 g/mol. The first-order valence-corrected chi connectivity index (χ1v) is 9.32. The molecule has 2 unspecified atom stereocenters. The second kappa shape index (κ2) is 10.1. The van der Waals surface area contributed by atoms with Crippen LogP contribution in [0.25, 0.3) is 0 Å². The van der Waals surface area contributed by atoms with Gasteiger partial charge in [-0.1, -0.05) is 31.9 Å². The zero-order valence-corrected chi connectivity index (χ0v) is 15.0. The molecule has 2 N–H and O–H groups in total. The molecule has 1 saturated carbocycles. The van der Waals surface area contributed by atoms with Crippen molar-refractivity contribution in [3.63, 3.8) is 0 Å². The van der Waals surface area contributed by atoms with Crippen LogP contribution in [0.1, 0.15) is 51.0 Å². The molecule has 0 bridgehead atoms. The van der Waals surface area contributed by atoms with E-state index in [0.29, 0.717) is 19.4 Å². The topological polar surface area (TPSA) is 75.6 Å². The summed E-state index contributed by atoms with van der Waals surface area (Å²) in [4.78, 5) is 23.3. The number of carbonyl (C=O) groups is 2. The fraction of sp³-hybridized carbons (Fsp3) is 0.600. The van der Waals surface area contributed by atoms with E-state index in [2.05, 4.69) is 12.2 Å². The lowest BCUT2D eigenvalue weighted by Crippen LogP contribution is -2.36. The number of carbonyl (C=O) groups excluding carboxylic acids is 1. The second-order valence-corrected chi connectivity index (χ2v) is 6.79. The van der Waals surface area contributed by atoms with Crippen molar-refractivity contribution in [2.45, 2.75) is 51.9 Å². The van der Waals surface area contributed by atoms with Gasteiger partial charge in [0.2, 0.25) is 5.91 Å². The molecule has 2 atom stereocenters. The third-order valence-electron chi connectivity index (χ3n) is 4.80. The minimum atomic E-state index is -0.779. The molecular weight excluding hydrogens is 318 g/mol. The quantitative estimate of drug-likeness (QED) is 0.671. The van der Waals surface area contributed by atoms with Gasteiger partial charge >= 0.3 is 5.97 Å². The molecule has 0 aromatic heterocycles. The van der Waals surface area contributed by atoms with Crippen LogP contribution in [0.4, 0.5) is 0 Å². The number of amides is 1. The van der Waals surface area contributed by atoms with Crippen LogP contribution in [0.2, 0.25) is 0 Å². The number of carboxylic acids is 1. The van der Waals surface area contributed by atoms with Crippen LogP contribution in [-0.4, -0.2) is 30.1 Å². The third kappa shape index (κ3) is 6.40. The zero-order valence-electron chi connectivity index (χ0n) is 15.0. The normalized spacial score (nSPS) is 20.0. The largest absolute Gasteiger partial charge is 0.494 e. The molecular formula is C20H29NO4. The lowest BCUT2D eigenvalue weighted by Gasteiger charge is -2.25. The van der Waals surface area contributed by atoms with Crippen LogP contribution in [0.15, 0.2) is 24.3 Å². The van der Waals surface area contributed by atoms with E-state index in [4.69, 9.17) is 9.84 Å². The smallest absolute Gasteiger partial charge is 0.306 e. The Labute approximate surface area is 149 Å². The summed E-state index contributed by atoms with van der Waals surface area (Å²) in [5.74, 6) is -0.443. The number of carboxylic acid groups (broad SMARTS) is 1. The Morgan fingerprint density at radius 3 is 2.60 bits per heavy atom. The van der Waals surface area contributed by atoms with Gasteiger partial charge in [-0.2, -0.15) is 0 Å². The zero-order chi connectivity index (χ0) is 18.1. The summed E-state index contributed by atoms with van der Waals surface area (Å²) in [6.45, 7) is 3.45. The van der Waals surface area contributed by atoms with E-state index in [1.807, 2.05) is 24.3 Å². The average Bonchev–Trinajstić information content (AvgIpc) is 2.63. The maximum Gasteiger partial charge on any atom is 0.306 e. The van der Waals surface area contributed by atoms with E-state index in [9.17, 15) is 9.59 Å². The van der Waals surface area contributed by atoms with Crippen molar-refractivity contribution in [2.75, 3.05) is 13.2 Å². The highest BCUT2D eigenvalue weighted by atomic mass is 16.5. The first kappa shape index (κ1) is 19.3. The van der Waals surface area contributed by atoms with Crippen LogP contribution in [-0.2, 0) is 16.0 Å². The van der Waals surface area contributed by atoms with E-state index in [1.165, 1.54) is 0 Å². The van der Waals surface area contributed by atoms with Crippen molar-refractivity contribution in [3.05, 3.63) is 29.8 Å². The Balaban J connectivity index is 1.71. The highest BCUT2D eigenvalue weighted by Crippen LogP contribution is 2.29. The highest BCUT2D eigenvalue weighted by molar-refractivity contribution is 5.80. The van der Waals surface area contributed by atoms with Gasteiger partial charge in [0.05, 0.1) is 12.5 Å². The summed E-state index contributed by atoms with van der Waals surface area (Å²) < 4.78 is 5.64. The van der Waals surface area contributed by atoms with Gasteiger partial charge in [0.25, 0.3) is 0 Å². The first-order chi connectivity index (χ1) is 12.1. The predicted molar refractivity (Wildman–Crippen MR) is 96.6 cm³/mol. The molecule has 0 heterocycles. The molecule has 5 nitrogen and oxygen atoms in total. The van der Waals surface area contributed by atoms with Crippen LogP contribution in [0.5, 0.6) is 5.75 Å². The number of nitrogens with one attached hydrogen (secondary N) is 1. The summed E-state index contributed by atoms with van der Waals surface area (Å²) in [7, 11) is 0. The molecule has 2 rings (SSSR count). The highest BCUT2D eigenvalue weighted by Gasteiger charge is 2.30. The van der Waals surface area contributed by atoms with E-state index >= 15 is 0 Å². The number of benzene rings is 1. The Hall–Kier alpha value is -2.04. The van der Waals surface area contributed by atoms with Crippen LogP contribution >= 0.6 is 0 Å². The van der Waals surface area contributed by atoms with Gasteiger partial charge in [-0.05, 0) is 49.8 Å². The van der Waals surface area contributed by atoms with Crippen molar-refractivity contribution < 1.29 is 19.4 Å². The number of aliphatic carboxylic acids is 1. The van der Waals surface area contributed by atoms with E-state index in [-0.39, 0.29) is 17.7 Å². The van der Waals surface area contributed by atoms with Crippen molar-refractivity contribution in [3.8, 4) is 5.75 Å². The molecule has 0 spiro atoms. The summed E-state index contributed by atoms with van der Waals surface area (Å²) in [5.41, 5.74) is 1.15. The monoisotopic (exact) mass is 347 g/mol. The molecule has 0 radical (unpaired) electrons. The van der Waals surface area contributed by atoms with Crippen molar-refractivity contribution in [2.24, 2.45) is 11.8 Å². The van der Waals surface area contributed by atoms with Crippen molar-refractivity contribution in [1.82, 2.24) is 5.32 Å². The Kier molecular flexibility index (Phi) is 7.76. The molecule has 138 valence electrons. The summed E-state index contributed by atoms with van der Waals surface area (Å²) in [5, 5.41) is 12.1. The lowest BCUT2D eigenvalue weighted by atomic mass is 9.81. The maximum atomic E-state index is 12.2. The fourth-order valence-electron chi connectivity index (χ4n) is 3.21. The van der Waals surface area contributed by atoms with Crippen molar-refractivity contribution >= 4 is 11.9 Å². The number of hydrogen-bond donors (Lipinski definition) is 2. The molecule has 0 aliphatic heterocycles. The minimum Gasteiger partial charge on any atom is -0.494 e. The maximum absolute atomic E-state index is 12.2. The molecule has 1 aliphatic carbocycles. The van der Waals surface area contributed by atoms with Gasteiger partial charge in [-0.15, -0.1) is 0 Å². The van der Waals surface area contributed by atoms with Crippen LogP contribution in [0, 0.1) is 11.8 Å². The molecule has 1 aromatic carbocycles. The molecule has 5 heteroatoms. The molecule has 0 saturated heterocycles. The Morgan fingerprint density at radius 1 is 1.20 bits per heavy atom. The standard InChI is InChI=1S/C20H29NO4/c1-2-3-13-25-18-9-7-15(8-10-18)11-12-21-19(22)16-5-4-6-17(14-16)20(23)24/h7-10,16-17H,2-6,11-14H2,1H3,(H,21,22)(H,23,24). The minimum absolute atomic E-state index is 0.00882. The van der Waals surface area contributed by atoms with Crippen LogP contribution < -0.4 is 10.1 Å². The van der Waals surface area contributed by atoms with Gasteiger partial charge in [-0.25, -0.2) is 0 Å². The van der Waals surface area contributed by atoms with Gasteiger partial charge in [-0.3, -0.25) is 9.59 Å². The number of hydrogen-bond acceptors (Lipinski definition) is 3. The lowest BCUT2D eigenvalue weighted by molar-refractivity contribution is -0.144. The van der Waals surface area contributed by atoms with Gasteiger partial charge in [0.15, 0.2) is 0 Å². The first-order valence-electron chi connectivity index (χ1n) is 9.32. The summed E-state index contributed by atoms with van der Waals surface area (Å²) in [6.07, 6.45) is 5.68. The number of rotatable bonds is 9. The summed E-state index contributed by atoms with van der Waals surface area (Å²) in [6, 6.07) is 7.97. The number of unbranched alkanes of at least 4 members (excludes halogenated alkanes) is 1. The Bertz CT molecular complexity index is 555. The SMILES string of the molecule is CCCCOc1ccc(CCNC(=O)C2CCCC(C(=O)O)C2)cc1. The van der Waals surface area contributed by atoms with Gasteiger partial charge in [0, 0.05) is 12.5 Å². The predicted octanol–water partition coefficient (Wildman–Crippen LogP) is 3.42. The number of ether oxygens (including phenoxy) is 1. The van der Waals surface area contributed by atoms with Crippen molar-refractivity contribution in [1.29, 1.82) is 0 Å². The molecule has 1 aromatic rings. The fourth-order valence-corrected chi connectivity index (χ4v) is 3.21. The Morgan fingerprint density at radius 2 is 1.92 bits per heavy atom. The molecule has 1 amide bonds. The van der Waals surface area contributed by atoms with E-state index in [1.54, 1.807) is 0 Å². The van der Waals surface area contributed by atoms with E-state index in [0.717, 1.165) is 50.0 Å². The molecule has 1 fully saturated rings. The van der Waals surface area contributed by atoms with Gasteiger partial charge in [0.1, 0.15) is 5.75 Å². The second-order valence-electron chi connectivity index (χ2n) is 6.79.